The van der Waals surface area contributed by atoms with Gasteiger partial charge in [0.1, 0.15) is 5.69 Å². The Morgan fingerprint density at radius 2 is 2.00 bits per heavy atom. The van der Waals surface area contributed by atoms with E-state index < -0.39 is 0 Å². The Bertz CT molecular complexity index is 630. The average molecular weight is 286 g/mol. The summed E-state index contributed by atoms with van der Waals surface area (Å²) < 4.78 is 16.2. The lowest BCUT2D eigenvalue weighted by Gasteiger charge is -2.11. The number of nitrogens with one attached hydrogen (secondary N) is 1. The SMILES string of the molecule is c1cc2c(cc1-c1cc([C@@H]3CCCCCN3)no1)OCO2. The van der Waals surface area contributed by atoms with Crippen LogP contribution in [0.15, 0.2) is 28.8 Å². The Morgan fingerprint density at radius 1 is 1.05 bits per heavy atom. The smallest absolute Gasteiger partial charge is 0.231 e. The van der Waals surface area contributed by atoms with Crippen molar-refractivity contribution >= 4 is 0 Å². The second-order valence-corrected chi connectivity index (χ2v) is 5.54. The third-order valence-corrected chi connectivity index (χ3v) is 4.10. The summed E-state index contributed by atoms with van der Waals surface area (Å²) in [5.74, 6) is 2.32. The van der Waals surface area contributed by atoms with Crippen molar-refractivity contribution in [3.63, 3.8) is 0 Å². The molecule has 5 heteroatoms. The van der Waals surface area contributed by atoms with Crippen molar-refractivity contribution < 1.29 is 14.0 Å². The van der Waals surface area contributed by atoms with E-state index in [9.17, 15) is 0 Å². The Hall–Kier alpha value is -2.01. The van der Waals surface area contributed by atoms with Gasteiger partial charge in [0.05, 0.1) is 6.04 Å². The van der Waals surface area contributed by atoms with Crippen molar-refractivity contribution in [2.45, 2.75) is 31.7 Å². The van der Waals surface area contributed by atoms with E-state index >= 15 is 0 Å². The van der Waals surface area contributed by atoms with Gasteiger partial charge in [-0.1, -0.05) is 18.0 Å². The number of hydrogen-bond acceptors (Lipinski definition) is 5. The predicted molar refractivity (Wildman–Crippen MR) is 77.3 cm³/mol. The summed E-state index contributed by atoms with van der Waals surface area (Å²) in [6.07, 6.45) is 4.89. The molecule has 3 heterocycles. The van der Waals surface area contributed by atoms with Gasteiger partial charge in [-0.15, -0.1) is 0 Å². The molecule has 0 bridgehead atoms. The van der Waals surface area contributed by atoms with Gasteiger partial charge >= 0.3 is 0 Å². The van der Waals surface area contributed by atoms with E-state index in [1.807, 2.05) is 24.3 Å². The molecule has 5 nitrogen and oxygen atoms in total. The fourth-order valence-electron chi connectivity index (χ4n) is 2.92. The zero-order valence-corrected chi connectivity index (χ0v) is 11.8. The Labute approximate surface area is 123 Å². The summed E-state index contributed by atoms with van der Waals surface area (Å²) in [6, 6.07) is 8.15. The molecular formula is C16H18N2O3. The third kappa shape index (κ3) is 2.49. The highest BCUT2D eigenvalue weighted by molar-refractivity contribution is 5.63. The lowest BCUT2D eigenvalue weighted by molar-refractivity contribution is 0.174. The van der Waals surface area contributed by atoms with Crippen LogP contribution in [0.2, 0.25) is 0 Å². The van der Waals surface area contributed by atoms with Crippen molar-refractivity contribution in [3.8, 4) is 22.8 Å². The quantitative estimate of drug-likeness (QED) is 0.918. The van der Waals surface area contributed by atoms with Crippen LogP contribution in [0.5, 0.6) is 11.5 Å². The van der Waals surface area contributed by atoms with Crippen molar-refractivity contribution in [2.24, 2.45) is 0 Å². The second-order valence-electron chi connectivity index (χ2n) is 5.54. The molecule has 110 valence electrons. The van der Waals surface area contributed by atoms with Gasteiger partial charge in [-0.25, -0.2) is 0 Å². The minimum absolute atomic E-state index is 0.284. The minimum Gasteiger partial charge on any atom is -0.454 e. The number of ether oxygens (including phenoxy) is 2. The van der Waals surface area contributed by atoms with Crippen LogP contribution in [0.4, 0.5) is 0 Å². The van der Waals surface area contributed by atoms with Crippen LogP contribution in [-0.4, -0.2) is 18.5 Å². The third-order valence-electron chi connectivity index (χ3n) is 4.10. The van der Waals surface area contributed by atoms with E-state index in [2.05, 4.69) is 10.5 Å². The number of fused-ring (bicyclic) bond motifs is 1. The molecule has 1 atom stereocenters. The number of hydrogen-bond donors (Lipinski definition) is 1. The molecule has 2 aliphatic heterocycles. The topological polar surface area (TPSA) is 56.5 Å². The summed E-state index contributed by atoms with van der Waals surface area (Å²) in [7, 11) is 0. The van der Waals surface area contributed by atoms with E-state index in [4.69, 9.17) is 14.0 Å². The number of benzene rings is 1. The molecule has 0 radical (unpaired) electrons. The molecule has 0 amide bonds. The second kappa shape index (κ2) is 5.41. The molecule has 1 aromatic heterocycles. The first-order valence-corrected chi connectivity index (χ1v) is 7.50. The molecule has 21 heavy (non-hydrogen) atoms. The van der Waals surface area contributed by atoms with Crippen LogP contribution < -0.4 is 14.8 Å². The summed E-state index contributed by atoms with van der Waals surface area (Å²) >= 11 is 0. The maximum atomic E-state index is 5.52. The monoisotopic (exact) mass is 286 g/mol. The van der Waals surface area contributed by atoms with Crippen LogP contribution in [0.3, 0.4) is 0 Å². The first-order valence-electron chi connectivity index (χ1n) is 7.50. The van der Waals surface area contributed by atoms with Crippen molar-refractivity contribution in [3.05, 3.63) is 30.0 Å². The number of nitrogens with zero attached hydrogens (tertiary/aromatic N) is 1. The highest BCUT2D eigenvalue weighted by Gasteiger charge is 2.20. The van der Waals surface area contributed by atoms with Crippen LogP contribution >= 0.6 is 0 Å². The normalized spacial score (nSPS) is 21.2. The largest absolute Gasteiger partial charge is 0.454 e. The molecule has 0 unspecified atom stereocenters. The van der Waals surface area contributed by atoms with Crippen molar-refractivity contribution in [2.75, 3.05) is 13.3 Å². The summed E-state index contributed by atoms with van der Waals surface area (Å²) in [5, 5.41) is 7.78. The molecule has 0 saturated carbocycles. The molecule has 4 rings (SSSR count). The zero-order chi connectivity index (χ0) is 14.1. The average Bonchev–Trinajstić information content (AvgIpc) is 3.10. The van der Waals surface area contributed by atoms with Crippen LogP contribution in [-0.2, 0) is 0 Å². The van der Waals surface area contributed by atoms with Crippen LogP contribution in [0, 0.1) is 0 Å². The van der Waals surface area contributed by atoms with Crippen LogP contribution in [0.1, 0.15) is 37.4 Å². The molecule has 2 aliphatic rings. The highest BCUT2D eigenvalue weighted by atomic mass is 16.7. The summed E-state index contributed by atoms with van der Waals surface area (Å²) in [4.78, 5) is 0. The van der Waals surface area contributed by atoms with Gasteiger partial charge in [-0.2, -0.15) is 0 Å². The fraction of sp³-hybridized carbons (Fsp3) is 0.438. The Kier molecular flexibility index (Phi) is 3.27. The van der Waals surface area contributed by atoms with Gasteiger partial charge in [0.2, 0.25) is 6.79 Å². The van der Waals surface area contributed by atoms with Crippen molar-refractivity contribution in [1.29, 1.82) is 0 Å². The van der Waals surface area contributed by atoms with E-state index in [0.717, 1.165) is 41.5 Å². The Morgan fingerprint density at radius 3 is 3.00 bits per heavy atom. The van der Waals surface area contributed by atoms with E-state index in [1.165, 1.54) is 19.3 Å². The molecular weight excluding hydrogens is 268 g/mol. The first-order chi connectivity index (χ1) is 10.4. The van der Waals surface area contributed by atoms with Crippen LogP contribution in [0.25, 0.3) is 11.3 Å². The van der Waals surface area contributed by atoms with Gasteiger partial charge in [0.25, 0.3) is 0 Å². The molecule has 1 N–H and O–H groups in total. The van der Waals surface area contributed by atoms with Gasteiger partial charge in [0.15, 0.2) is 17.3 Å². The summed E-state index contributed by atoms with van der Waals surface area (Å²) in [5.41, 5.74) is 1.95. The number of aromatic nitrogens is 1. The molecule has 1 aromatic carbocycles. The number of rotatable bonds is 2. The van der Waals surface area contributed by atoms with E-state index in [0.29, 0.717) is 6.04 Å². The van der Waals surface area contributed by atoms with Crippen molar-refractivity contribution in [1.82, 2.24) is 10.5 Å². The fourth-order valence-corrected chi connectivity index (χ4v) is 2.92. The van der Waals surface area contributed by atoms with Gasteiger partial charge < -0.3 is 19.3 Å². The lowest BCUT2D eigenvalue weighted by Crippen LogP contribution is -2.20. The maximum absolute atomic E-state index is 5.52. The maximum Gasteiger partial charge on any atom is 0.231 e. The molecule has 2 aromatic rings. The molecule has 1 fully saturated rings. The molecule has 1 saturated heterocycles. The Balaban J connectivity index is 1.59. The van der Waals surface area contributed by atoms with E-state index in [-0.39, 0.29) is 6.79 Å². The molecule has 0 spiro atoms. The first kappa shape index (κ1) is 12.7. The lowest BCUT2D eigenvalue weighted by atomic mass is 10.1. The summed E-state index contributed by atoms with van der Waals surface area (Å²) in [6.45, 7) is 1.34. The van der Waals surface area contributed by atoms with Gasteiger partial charge in [-0.3, -0.25) is 0 Å². The van der Waals surface area contributed by atoms with E-state index in [1.54, 1.807) is 0 Å². The highest BCUT2D eigenvalue weighted by Crippen LogP contribution is 2.36. The zero-order valence-electron chi connectivity index (χ0n) is 11.8. The van der Waals surface area contributed by atoms with Gasteiger partial charge in [0, 0.05) is 11.6 Å². The predicted octanol–water partition coefficient (Wildman–Crippen LogP) is 3.28. The van der Waals surface area contributed by atoms with Gasteiger partial charge in [-0.05, 0) is 37.6 Å². The molecule has 0 aliphatic carbocycles. The minimum atomic E-state index is 0.284. The standard InChI is InChI=1S/C16H18N2O3/c1-2-4-12(17-7-3-1)13-9-15(21-18-13)11-5-6-14-16(8-11)20-10-19-14/h5-6,8-9,12,17H,1-4,7,10H2/t12-/m0/s1.